The molecule has 0 atom stereocenters. The second-order valence-electron chi connectivity index (χ2n) is 5.34. The van der Waals surface area contributed by atoms with E-state index in [9.17, 15) is 14.0 Å². The highest BCUT2D eigenvalue weighted by molar-refractivity contribution is 5.91. The first-order valence-corrected chi connectivity index (χ1v) is 7.94. The van der Waals surface area contributed by atoms with E-state index in [1.807, 2.05) is 24.3 Å². The third kappa shape index (κ3) is 5.20. The molecule has 0 radical (unpaired) electrons. The SMILES string of the molecule is COc1ccc(C(=O)OCC(=O)NCCc2ccccc2OC)cc1F. The smallest absolute Gasteiger partial charge is 0.338 e. The number of rotatable bonds is 8. The minimum absolute atomic E-state index is 0.00474. The summed E-state index contributed by atoms with van der Waals surface area (Å²) in [6, 6.07) is 11.2. The lowest BCUT2D eigenvalue weighted by Gasteiger charge is -2.09. The van der Waals surface area contributed by atoms with Crippen LogP contribution in [0.4, 0.5) is 4.39 Å². The van der Waals surface area contributed by atoms with Crippen molar-refractivity contribution in [1.82, 2.24) is 5.32 Å². The lowest BCUT2D eigenvalue weighted by atomic mass is 10.1. The van der Waals surface area contributed by atoms with Gasteiger partial charge in [-0.05, 0) is 36.2 Å². The third-order valence-electron chi connectivity index (χ3n) is 3.63. The molecule has 0 saturated carbocycles. The van der Waals surface area contributed by atoms with E-state index in [4.69, 9.17) is 14.2 Å². The van der Waals surface area contributed by atoms with E-state index < -0.39 is 24.3 Å². The van der Waals surface area contributed by atoms with Gasteiger partial charge in [-0.25, -0.2) is 9.18 Å². The monoisotopic (exact) mass is 361 g/mol. The second-order valence-corrected chi connectivity index (χ2v) is 5.34. The van der Waals surface area contributed by atoms with Crippen LogP contribution < -0.4 is 14.8 Å². The predicted molar refractivity (Wildman–Crippen MR) is 92.9 cm³/mol. The van der Waals surface area contributed by atoms with Crippen molar-refractivity contribution < 1.29 is 28.2 Å². The second kappa shape index (κ2) is 9.41. The zero-order valence-corrected chi connectivity index (χ0v) is 14.6. The number of carbonyl (C=O) groups excluding carboxylic acids is 2. The van der Waals surface area contributed by atoms with Gasteiger partial charge < -0.3 is 19.5 Å². The minimum Gasteiger partial charge on any atom is -0.496 e. The van der Waals surface area contributed by atoms with Crippen molar-refractivity contribution in [2.45, 2.75) is 6.42 Å². The van der Waals surface area contributed by atoms with Crippen LogP contribution in [0.25, 0.3) is 0 Å². The van der Waals surface area contributed by atoms with Gasteiger partial charge in [0.05, 0.1) is 19.8 Å². The van der Waals surface area contributed by atoms with Gasteiger partial charge in [-0.15, -0.1) is 0 Å². The largest absolute Gasteiger partial charge is 0.496 e. The van der Waals surface area contributed by atoms with Gasteiger partial charge in [0.25, 0.3) is 5.91 Å². The summed E-state index contributed by atoms with van der Waals surface area (Å²) in [6.45, 7) is -0.0771. The number of halogens is 1. The van der Waals surface area contributed by atoms with Crippen LogP contribution in [0.3, 0.4) is 0 Å². The molecule has 0 aromatic heterocycles. The van der Waals surface area contributed by atoms with Crippen LogP contribution in [0.5, 0.6) is 11.5 Å². The van der Waals surface area contributed by atoms with Crippen LogP contribution >= 0.6 is 0 Å². The first kappa shape index (κ1) is 19.2. The number of carbonyl (C=O) groups is 2. The van der Waals surface area contributed by atoms with E-state index in [0.717, 1.165) is 17.4 Å². The molecule has 0 aliphatic carbocycles. The van der Waals surface area contributed by atoms with E-state index in [1.54, 1.807) is 7.11 Å². The summed E-state index contributed by atoms with van der Waals surface area (Å²) in [4.78, 5) is 23.6. The number of nitrogens with one attached hydrogen (secondary N) is 1. The van der Waals surface area contributed by atoms with Crippen molar-refractivity contribution in [3.05, 3.63) is 59.4 Å². The number of hydrogen-bond acceptors (Lipinski definition) is 5. The number of benzene rings is 2. The summed E-state index contributed by atoms with van der Waals surface area (Å²) >= 11 is 0. The van der Waals surface area contributed by atoms with Gasteiger partial charge in [-0.3, -0.25) is 4.79 Å². The Labute approximate surface area is 150 Å². The minimum atomic E-state index is -0.786. The van der Waals surface area contributed by atoms with Crippen LogP contribution in [0.1, 0.15) is 15.9 Å². The van der Waals surface area contributed by atoms with Crippen molar-refractivity contribution >= 4 is 11.9 Å². The van der Waals surface area contributed by atoms with Crippen LogP contribution in [0, 0.1) is 5.82 Å². The summed E-state index contributed by atoms with van der Waals surface area (Å²) in [5.74, 6) is -1.14. The van der Waals surface area contributed by atoms with Gasteiger partial charge in [-0.2, -0.15) is 0 Å². The van der Waals surface area contributed by atoms with Crippen molar-refractivity contribution in [2.24, 2.45) is 0 Å². The van der Waals surface area contributed by atoms with Gasteiger partial charge in [0.1, 0.15) is 5.75 Å². The molecule has 2 rings (SSSR count). The summed E-state index contributed by atoms with van der Waals surface area (Å²) in [5.41, 5.74) is 0.964. The fourth-order valence-electron chi connectivity index (χ4n) is 2.30. The average Bonchev–Trinajstić information content (AvgIpc) is 2.66. The molecule has 0 bridgehead atoms. The Kier molecular flexibility index (Phi) is 6.96. The zero-order valence-electron chi connectivity index (χ0n) is 14.6. The van der Waals surface area contributed by atoms with Gasteiger partial charge >= 0.3 is 5.97 Å². The van der Waals surface area contributed by atoms with Crippen molar-refractivity contribution in [3.63, 3.8) is 0 Å². The molecule has 6 nitrogen and oxygen atoms in total. The van der Waals surface area contributed by atoms with Crippen LogP contribution in [0.2, 0.25) is 0 Å². The molecule has 2 aromatic carbocycles. The Hall–Kier alpha value is -3.09. The van der Waals surface area contributed by atoms with Crippen LogP contribution in [-0.2, 0) is 16.0 Å². The molecule has 138 valence electrons. The Balaban J connectivity index is 1.78. The fraction of sp³-hybridized carbons (Fsp3) is 0.263. The quantitative estimate of drug-likeness (QED) is 0.731. The van der Waals surface area contributed by atoms with Gasteiger partial charge in [0, 0.05) is 6.54 Å². The molecule has 7 heteroatoms. The third-order valence-corrected chi connectivity index (χ3v) is 3.63. The van der Waals surface area contributed by atoms with Gasteiger partial charge in [-0.1, -0.05) is 18.2 Å². The topological polar surface area (TPSA) is 73.9 Å². The molecular weight excluding hydrogens is 341 g/mol. The standard InChI is InChI=1S/C19H20FNO5/c1-24-16-6-4-3-5-13(16)9-10-21-18(22)12-26-19(23)14-7-8-17(25-2)15(20)11-14/h3-8,11H,9-10,12H2,1-2H3,(H,21,22). The maximum absolute atomic E-state index is 13.6. The van der Waals surface area contributed by atoms with E-state index in [0.29, 0.717) is 13.0 Å². The Morgan fingerprint density at radius 3 is 2.46 bits per heavy atom. The first-order valence-electron chi connectivity index (χ1n) is 7.94. The molecule has 26 heavy (non-hydrogen) atoms. The summed E-state index contributed by atoms with van der Waals surface area (Å²) < 4.78 is 28.5. The lowest BCUT2D eigenvalue weighted by molar-refractivity contribution is -0.124. The number of methoxy groups -OCH3 is 2. The average molecular weight is 361 g/mol. The molecule has 1 N–H and O–H groups in total. The van der Waals surface area contributed by atoms with Crippen LogP contribution in [-0.4, -0.2) is 39.2 Å². The highest BCUT2D eigenvalue weighted by atomic mass is 19.1. The lowest BCUT2D eigenvalue weighted by Crippen LogP contribution is -2.30. The Morgan fingerprint density at radius 2 is 1.77 bits per heavy atom. The van der Waals surface area contributed by atoms with Crippen molar-refractivity contribution in [1.29, 1.82) is 0 Å². The molecule has 0 aliphatic rings. The molecule has 0 unspecified atom stereocenters. The number of hydrogen-bond donors (Lipinski definition) is 1. The molecule has 0 aliphatic heterocycles. The predicted octanol–water partition coefficient (Wildman–Crippen LogP) is 2.36. The molecule has 0 spiro atoms. The highest BCUT2D eigenvalue weighted by Gasteiger charge is 2.13. The normalized spacial score (nSPS) is 10.1. The number of esters is 1. The van der Waals surface area contributed by atoms with E-state index >= 15 is 0 Å². The fourth-order valence-corrected chi connectivity index (χ4v) is 2.30. The maximum atomic E-state index is 13.6. The number of amides is 1. The maximum Gasteiger partial charge on any atom is 0.338 e. The van der Waals surface area contributed by atoms with Gasteiger partial charge in [0.15, 0.2) is 18.2 Å². The summed E-state index contributed by atoms with van der Waals surface area (Å²) in [6.07, 6.45) is 0.577. The highest BCUT2D eigenvalue weighted by Crippen LogP contribution is 2.18. The van der Waals surface area contributed by atoms with E-state index in [2.05, 4.69) is 5.32 Å². The van der Waals surface area contributed by atoms with E-state index in [-0.39, 0.29) is 11.3 Å². The number of para-hydroxylation sites is 1. The number of ether oxygens (including phenoxy) is 3. The first-order chi connectivity index (χ1) is 12.5. The molecule has 0 heterocycles. The molecule has 0 saturated heterocycles. The Morgan fingerprint density at radius 1 is 1.04 bits per heavy atom. The van der Waals surface area contributed by atoms with Crippen molar-refractivity contribution in [3.8, 4) is 11.5 Å². The molecule has 0 fully saturated rings. The van der Waals surface area contributed by atoms with Gasteiger partial charge in [0.2, 0.25) is 0 Å². The summed E-state index contributed by atoms with van der Waals surface area (Å²) in [7, 11) is 2.91. The van der Waals surface area contributed by atoms with E-state index in [1.165, 1.54) is 19.2 Å². The van der Waals surface area contributed by atoms with Crippen molar-refractivity contribution in [2.75, 3.05) is 27.4 Å². The zero-order chi connectivity index (χ0) is 18.9. The molecule has 1 amide bonds. The Bertz CT molecular complexity index is 778. The molecule has 2 aromatic rings. The molecular formula is C19H20FNO5. The summed E-state index contributed by atoms with van der Waals surface area (Å²) in [5, 5.41) is 2.65. The van der Waals surface area contributed by atoms with Crippen LogP contribution in [0.15, 0.2) is 42.5 Å².